The highest BCUT2D eigenvalue weighted by molar-refractivity contribution is 7.07. The molecule has 1 aromatic carbocycles. The first kappa shape index (κ1) is 17.1. The lowest BCUT2D eigenvalue weighted by atomic mass is 10.2. The minimum absolute atomic E-state index is 0.264. The van der Waals surface area contributed by atoms with Crippen molar-refractivity contribution in [1.82, 2.24) is 9.88 Å². The van der Waals surface area contributed by atoms with E-state index in [1.165, 1.54) is 29.5 Å². The van der Waals surface area contributed by atoms with Crippen molar-refractivity contribution in [3.8, 4) is 0 Å². The van der Waals surface area contributed by atoms with Crippen LogP contribution in [0.1, 0.15) is 11.3 Å². The topological polar surface area (TPSA) is 33.2 Å². The summed E-state index contributed by atoms with van der Waals surface area (Å²) in [6, 6.07) is 4.96. The molecule has 23 heavy (non-hydrogen) atoms. The summed E-state index contributed by atoms with van der Waals surface area (Å²) in [6.07, 6.45) is -2.12. The maximum Gasteiger partial charge on any atom is 0.406 e. The van der Waals surface area contributed by atoms with Gasteiger partial charge in [-0.2, -0.15) is 13.2 Å². The molecule has 1 aromatic heterocycles. The maximum atomic E-state index is 12.9. The van der Waals surface area contributed by atoms with E-state index in [4.69, 9.17) is 0 Å². The molecule has 0 bridgehead atoms. The Morgan fingerprint density at radius 3 is 2.52 bits per heavy atom. The molecule has 0 saturated heterocycles. The summed E-state index contributed by atoms with van der Waals surface area (Å²) in [5, 5.41) is 1.66. The minimum atomic E-state index is -4.52. The molecule has 0 saturated carbocycles. The highest BCUT2D eigenvalue weighted by atomic mass is 32.1. The van der Waals surface area contributed by atoms with Crippen molar-refractivity contribution in [3.05, 3.63) is 58.3 Å². The van der Waals surface area contributed by atoms with Crippen LogP contribution in [0.2, 0.25) is 0 Å². The molecule has 0 N–H and O–H groups in total. The molecule has 122 valence electrons. The van der Waals surface area contributed by atoms with Gasteiger partial charge in [-0.3, -0.25) is 4.79 Å². The van der Waals surface area contributed by atoms with Crippen molar-refractivity contribution in [2.24, 2.45) is 0 Å². The molecule has 0 atom stereocenters. The number of amides is 1. The van der Waals surface area contributed by atoms with Gasteiger partial charge in [0.05, 0.1) is 11.2 Å². The van der Waals surface area contributed by atoms with Crippen LogP contribution in [0.25, 0.3) is 6.08 Å². The minimum Gasteiger partial charge on any atom is -0.326 e. The van der Waals surface area contributed by atoms with Gasteiger partial charge in [0.1, 0.15) is 12.4 Å². The Kier molecular flexibility index (Phi) is 5.49. The van der Waals surface area contributed by atoms with Crippen molar-refractivity contribution in [3.63, 3.8) is 0 Å². The molecule has 0 aliphatic carbocycles. The van der Waals surface area contributed by atoms with Gasteiger partial charge < -0.3 is 4.90 Å². The largest absolute Gasteiger partial charge is 0.406 e. The monoisotopic (exact) mass is 344 g/mol. The quantitative estimate of drug-likeness (QED) is 0.609. The number of carbonyl (C=O) groups excluding carboxylic acids is 1. The number of aromatic nitrogens is 1. The van der Waals surface area contributed by atoms with E-state index < -0.39 is 24.4 Å². The Bertz CT molecular complexity index is 666. The fourth-order valence-corrected chi connectivity index (χ4v) is 2.33. The van der Waals surface area contributed by atoms with Gasteiger partial charge in [-0.25, -0.2) is 9.37 Å². The summed E-state index contributed by atoms with van der Waals surface area (Å²) in [5.74, 6) is -1.29. The van der Waals surface area contributed by atoms with Crippen LogP contribution in [0.15, 0.2) is 41.2 Å². The van der Waals surface area contributed by atoms with E-state index in [2.05, 4.69) is 4.98 Å². The summed E-state index contributed by atoms with van der Waals surface area (Å²) in [6.45, 7) is -1.65. The lowest BCUT2D eigenvalue weighted by molar-refractivity contribution is -0.159. The van der Waals surface area contributed by atoms with Gasteiger partial charge >= 0.3 is 6.18 Å². The molecule has 8 heteroatoms. The number of thiazole rings is 1. The van der Waals surface area contributed by atoms with Crippen molar-refractivity contribution in [2.45, 2.75) is 12.7 Å². The second-order valence-corrected chi connectivity index (χ2v) is 5.40. The van der Waals surface area contributed by atoms with Gasteiger partial charge in [-0.1, -0.05) is 12.1 Å². The zero-order valence-corrected chi connectivity index (χ0v) is 12.6. The lowest BCUT2D eigenvalue weighted by Gasteiger charge is -2.22. The van der Waals surface area contributed by atoms with Crippen LogP contribution >= 0.6 is 11.3 Å². The number of rotatable bonds is 5. The van der Waals surface area contributed by atoms with Crippen molar-refractivity contribution in [1.29, 1.82) is 0 Å². The zero-order chi connectivity index (χ0) is 16.9. The fraction of sp³-hybridized carbons (Fsp3) is 0.200. The summed E-state index contributed by atoms with van der Waals surface area (Å²) in [7, 11) is 0. The normalized spacial score (nSPS) is 11.8. The van der Waals surface area contributed by atoms with Crippen LogP contribution in [0, 0.1) is 5.82 Å². The molecule has 0 aliphatic rings. The Morgan fingerprint density at radius 1 is 1.26 bits per heavy atom. The first-order valence-corrected chi connectivity index (χ1v) is 7.44. The third-order valence-electron chi connectivity index (χ3n) is 2.82. The number of benzene rings is 1. The Balaban J connectivity index is 2.12. The summed E-state index contributed by atoms with van der Waals surface area (Å²) in [4.78, 5) is 16.6. The van der Waals surface area contributed by atoms with Crippen LogP contribution in [-0.4, -0.2) is 28.5 Å². The zero-order valence-electron chi connectivity index (χ0n) is 11.8. The fourth-order valence-electron chi connectivity index (χ4n) is 1.80. The van der Waals surface area contributed by atoms with E-state index in [0.29, 0.717) is 16.2 Å². The molecule has 1 heterocycles. The predicted molar refractivity (Wildman–Crippen MR) is 79.0 cm³/mol. The first-order chi connectivity index (χ1) is 10.8. The van der Waals surface area contributed by atoms with Gasteiger partial charge in [0, 0.05) is 18.0 Å². The van der Waals surface area contributed by atoms with Crippen molar-refractivity contribution < 1.29 is 22.4 Å². The number of hydrogen-bond acceptors (Lipinski definition) is 3. The molecule has 2 aromatic rings. The number of carbonyl (C=O) groups is 1. The highest BCUT2D eigenvalue weighted by Crippen LogP contribution is 2.19. The SMILES string of the molecule is O=C(C=Cc1cscn1)N(Cc1ccc(F)cc1)CC(F)(F)F. The van der Waals surface area contributed by atoms with Crippen LogP contribution in [-0.2, 0) is 11.3 Å². The molecule has 3 nitrogen and oxygen atoms in total. The van der Waals surface area contributed by atoms with Crippen molar-refractivity contribution >= 4 is 23.3 Å². The second kappa shape index (κ2) is 7.36. The highest BCUT2D eigenvalue weighted by Gasteiger charge is 2.32. The number of alkyl halides is 3. The van der Waals surface area contributed by atoms with Crippen LogP contribution in [0.5, 0.6) is 0 Å². The third kappa shape index (κ3) is 5.82. The van der Waals surface area contributed by atoms with Crippen LogP contribution < -0.4 is 0 Å². The standard InChI is InChI=1S/C15H12F4N2OS/c16-12-3-1-11(2-4-12)7-21(9-15(17,18)19)14(22)6-5-13-8-23-10-20-13/h1-6,8,10H,7,9H2. The molecule has 0 unspecified atom stereocenters. The van der Waals surface area contributed by atoms with Crippen LogP contribution in [0.4, 0.5) is 17.6 Å². The van der Waals surface area contributed by atoms with E-state index in [-0.39, 0.29) is 6.54 Å². The molecule has 1 amide bonds. The first-order valence-electron chi connectivity index (χ1n) is 6.50. The second-order valence-electron chi connectivity index (χ2n) is 4.68. The van der Waals surface area contributed by atoms with Gasteiger partial charge in [-0.15, -0.1) is 11.3 Å². The van der Waals surface area contributed by atoms with Crippen molar-refractivity contribution in [2.75, 3.05) is 6.54 Å². The Labute approximate surface area is 133 Å². The molecule has 0 radical (unpaired) electrons. The van der Waals surface area contributed by atoms with E-state index in [0.717, 1.165) is 18.2 Å². The molecule has 0 fully saturated rings. The number of hydrogen-bond donors (Lipinski definition) is 0. The molecule has 0 spiro atoms. The van der Waals surface area contributed by atoms with E-state index in [1.54, 1.807) is 10.9 Å². The molecular formula is C15H12F4N2OS. The summed E-state index contributed by atoms with van der Waals surface area (Å²) < 4.78 is 50.8. The van der Waals surface area contributed by atoms with Gasteiger partial charge in [0.2, 0.25) is 5.91 Å². The maximum absolute atomic E-state index is 12.9. The average molecular weight is 344 g/mol. The van der Waals surface area contributed by atoms with E-state index in [1.807, 2.05) is 0 Å². The van der Waals surface area contributed by atoms with Gasteiger partial charge in [0.25, 0.3) is 0 Å². The summed E-state index contributed by atoms with van der Waals surface area (Å²) >= 11 is 1.31. The predicted octanol–water partition coefficient (Wildman–Crippen LogP) is 3.89. The Hall–Kier alpha value is -2.22. The van der Waals surface area contributed by atoms with Crippen LogP contribution in [0.3, 0.4) is 0 Å². The lowest BCUT2D eigenvalue weighted by Crippen LogP contribution is -2.37. The third-order valence-corrected chi connectivity index (χ3v) is 3.42. The smallest absolute Gasteiger partial charge is 0.326 e. The van der Waals surface area contributed by atoms with Gasteiger partial charge in [0.15, 0.2) is 0 Å². The molecular weight excluding hydrogens is 332 g/mol. The number of halogens is 4. The summed E-state index contributed by atoms with van der Waals surface area (Å²) in [5.41, 5.74) is 2.46. The van der Waals surface area contributed by atoms with E-state index in [9.17, 15) is 22.4 Å². The molecule has 0 aliphatic heterocycles. The van der Waals surface area contributed by atoms with E-state index >= 15 is 0 Å². The average Bonchev–Trinajstić information content (AvgIpc) is 2.98. The number of nitrogens with zero attached hydrogens (tertiary/aromatic N) is 2. The van der Waals surface area contributed by atoms with Gasteiger partial charge in [-0.05, 0) is 23.8 Å². The molecule has 2 rings (SSSR count). The Morgan fingerprint density at radius 2 is 1.96 bits per heavy atom.